The molecule has 2 rings (SSSR count). The quantitative estimate of drug-likeness (QED) is 0.902. The Kier molecular flexibility index (Phi) is 5.37. The summed E-state index contributed by atoms with van der Waals surface area (Å²) in [4.78, 5) is 12.3. The van der Waals surface area contributed by atoms with Crippen LogP contribution in [0.3, 0.4) is 0 Å². The zero-order valence-corrected chi connectivity index (χ0v) is 13.9. The van der Waals surface area contributed by atoms with Crippen LogP contribution in [0, 0.1) is 19.7 Å². The van der Waals surface area contributed by atoms with Crippen LogP contribution >= 0.6 is 0 Å². The highest BCUT2D eigenvalue weighted by Crippen LogP contribution is 2.19. The van der Waals surface area contributed by atoms with Gasteiger partial charge >= 0.3 is 0 Å². The van der Waals surface area contributed by atoms with Gasteiger partial charge in [0.25, 0.3) is 5.91 Å². The minimum Gasteiger partial charge on any atom is -0.481 e. The molecule has 2 atom stereocenters. The number of carbonyl (C=O) groups is 1. The van der Waals surface area contributed by atoms with Gasteiger partial charge in [0, 0.05) is 0 Å². The Labute approximate surface area is 136 Å². The fraction of sp³-hybridized carbons (Fsp3) is 0.316. The van der Waals surface area contributed by atoms with Crippen molar-refractivity contribution in [2.24, 2.45) is 0 Å². The standard InChI is InChI=1S/C19H22FNO2/c1-12-5-6-13(2)18(11-12)14(3)21-19(22)15(4)23-17-9-7-16(20)8-10-17/h5-11,14-15H,1-4H3,(H,21,22)/t14-,15+/m1/s1. The van der Waals surface area contributed by atoms with Crippen LogP contribution in [0.5, 0.6) is 5.75 Å². The second kappa shape index (κ2) is 7.27. The first-order chi connectivity index (χ1) is 10.9. The average molecular weight is 315 g/mol. The highest BCUT2D eigenvalue weighted by Gasteiger charge is 2.18. The number of carbonyl (C=O) groups excluding carboxylic acids is 1. The molecule has 4 heteroatoms. The Morgan fingerprint density at radius 1 is 1.09 bits per heavy atom. The molecular weight excluding hydrogens is 293 g/mol. The Hall–Kier alpha value is -2.36. The predicted octanol–water partition coefficient (Wildman–Crippen LogP) is 4.09. The zero-order valence-electron chi connectivity index (χ0n) is 13.9. The van der Waals surface area contributed by atoms with E-state index in [1.807, 2.05) is 32.9 Å². The molecule has 0 aromatic heterocycles. The summed E-state index contributed by atoms with van der Waals surface area (Å²) in [5, 5.41) is 2.96. The second-order valence-electron chi connectivity index (χ2n) is 5.80. The van der Waals surface area contributed by atoms with Gasteiger partial charge in [0.15, 0.2) is 6.10 Å². The van der Waals surface area contributed by atoms with Gasteiger partial charge in [-0.3, -0.25) is 4.79 Å². The van der Waals surface area contributed by atoms with Gasteiger partial charge in [-0.1, -0.05) is 23.8 Å². The number of hydrogen-bond acceptors (Lipinski definition) is 2. The Morgan fingerprint density at radius 3 is 2.39 bits per heavy atom. The lowest BCUT2D eigenvalue weighted by molar-refractivity contribution is -0.127. The maximum atomic E-state index is 12.9. The van der Waals surface area contributed by atoms with Gasteiger partial charge in [0.2, 0.25) is 0 Å². The van der Waals surface area contributed by atoms with Crippen molar-refractivity contribution < 1.29 is 13.9 Å². The normalized spacial score (nSPS) is 13.3. The summed E-state index contributed by atoms with van der Waals surface area (Å²) < 4.78 is 18.4. The summed E-state index contributed by atoms with van der Waals surface area (Å²) in [6.45, 7) is 7.67. The third-order valence-corrected chi connectivity index (χ3v) is 3.76. The number of hydrogen-bond donors (Lipinski definition) is 1. The molecule has 1 amide bonds. The smallest absolute Gasteiger partial charge is 0.261 e. The Balaban J connectivity index is 2.00. The number of benzene rings is 2. The lowest BCUT2D eigenvalue weighted by atomic mass is 10.00. The van der Waals surface area contributed by atoms with Crippen molar-refractivity contribution in [1.82, 2.24) is 5.32 Å². The van der Waals surface area contributed by atoms with Gasteiger partial charge in [-0.2, -0.15) is 0 Å². The molecule has 0 bridgehead atoms. The molecule has 3 nitrogen and oxygen atoms in total. The van der Waals surface area contributed by atoms with Crippen molar-refractivity contribution in [3.63, 3.8) is 0 Å². The van der Waals surface area contributed by atoms with Crippen LogP contribution in [0.25, 0.3) is 0 Å². The van der Waals surface area contributed by atoms with Gasteiger partial charge in [0.05, 0.1) is 6.04 Å². The first-order valence-electron chi connectivity index (χ1n) is 7.66. The first-order valence-corrected chi connectivity index (χ1v) is 7.66. The van der Waals surface area contributed by atoms with Crippen LogP contribution in [0.1, 0.15) is 36.6 Å². The summed E-state index contributed by atoms with van der Waals surface area (Å²) >= 11 is 0. The third-order valence-electron chi connectivity index (χ3n) is 3.76. The van der Waals surface area contributed by atoms with E-state index in [-0.39, 0.29) is 17.8 Å². The summed E-state index contributed by atoms with van der Waals surface area (Å²) in [7, 11) is 0. The number of rotatable bonds is 5. The average Bonchev–Trinajstić information content (AvgIpc) is 2.51. The molecule has 0 aliphatic carbocycles. The zero-order chi connectivity index (χ0) is 17.0. The van der Waals surface area contributed by atoms with Crippen LogP contribution in [0.15, 0.2) is 42.5 Å². The van der Waals surface area contributed by atoms with Crippen molar-refractivity contribution in [3.05, 3.63) is 65.0 Å². The molecule has 0 unspecified atom stereocenters. The van der Waals surface area contributed by atoms with E-state index in [9.17, 15) is 9.18 Å². The predicted molar refractivity (Wildman–Crippen MR) is 89.0 cm³/mol. The van der Waals surface area contributed by atoms with E-state index >= 15 is 0 Å². The SMILES string of the molecule is Cc1ccc(C)c([C@@H](C)NC(=O)[C@H](C)Oc2ccc(F)cc2)c1. The van der Waals surface area contributed by atoms with Crippen molar-refractivity contribution in [3.8, 4) is 5.75 Å². The molecule has 0 spiro atoms. The van der Waals surface area contributed by atoms with E-state index in [0.29, 0.717) is 5.75 Å². The molecule has 0 saturated heterocycles. The number of amides is 1. The molecule has 0 heterocycles. The van der Waals surface area contributed by atoms with E-state index in [0.717, 1.165) is 16.7 Å². The maximum Gasteiger partial charge on any atom is 0.261 e. The molecule has 0 aliphatic rings. The molecule has 0 saturated carbocycles. The van der Waals surface area contributed by atoms with Crippen LogP contribution in [-0.2, 0) is 4.79 Å². The van der Waals surface area contributed by atoms with E-state index < -0.39 is 6.10 Å². The topological polar surface area (TPSA) is 38.3 Å². The lowest BCUT2D eigenvalue weighted by Gasteiger charge is -2.20. The van der Waals surface area contributed by atoms with Gasteiger partial charge in [-0.05, 0) is 63.1 Å². The maximum absolute atomic E-state index is 12.9. The summed E-state index contributed by atoms with van der Waals surface area (Å²) in [5.41, 5.74) is 3.38. The van der Waals surface area contributed by atoms with E-state index in [4.69, 9.17) is 4.74 Å². The fourth-order valence-corrected chi connectivity index (χ4v) is 2.41. The number of ether oxygens (including phenoxy) is 1. The minimum absolute atomic E-state index is 0.110. The Morgan fingerprint density at radius 2 is 1.74 bits per heavy atom. The van der Waals surface area contributed by atoms with E-state index in [1.54, 1.807) is 6.92 Å². The summed E-state index contributed by atoms with van der Waals surface area (Å²) in [6.07, 6.45) is -0.659. The summed E-state index contributed by atoms with van der Waals surface area (Å²) in [6, 6.07) is 11.7. The molecular formula is C19H22FNO2. The molecule has 0 aliphatic heterocycles. The minimum atomic E-state index is -0.659. The molecule has 122 valence electrons. The highest BCUT2D eigenvalue weighted by atomic mass is 19.1. The van der Waals surface area contributed by atoms with Crippen molar-refractivity contribution >= 4 is 5.91 Å². The summed E-state index contributed by atoms with van der Waals surface area (Å²) in [5.74, 6) is -0.0748. The lowest BCUT2D eigenvalue weighted by Crippen LogP contribution is -2.38. The van der Waals surface area contributed by atoms with Crippen LogP contribution < -0.4 is 10.1 Å². The molecule has 0 fully saturated rings. The van der Waals surface area contributed by atoms with Gasteiger partial charge < -0.3 is 10.1 Å². The number of aryl methyl sites for hydroxylation is 2. The third kappa shape index (κ3) is 4.55. The number of halogens is 1. The van der Waals surface area contributed by atoms with Crippen LogP contribution in [0.4, 0.5) is 4.39 Å². The molecule has 2 aromatic rings. The monoisotopic (exact) mass is 315 g/mol. The van der Waals surface area contributed by atoms with E-state index in [2.05, 4.69) is 11.4 Å². The van der Waals surface area contributed by atoms with Crippen LogP contribution in [0.2, 0.25) is 0 Å². The fourth-order valence-electron chi connectivity index (χ4n) is 2.41. The molecule has 1 N–H and O–H groups in total. The largest absolute Gasteiger partial charge is 0.481 e. The van der Waals surface area contributed by atoms with Crippen molar-refractivity contribution in [1.29, 1.82) is 0 Å². The van der Waals surface area contributed by atoms with E-state index in [1.165, 1.54) is 24.3 Å². The van der Waals surface area contributed by atoms with Gasteiger partial charge in [0.1, 0.15) is 11.6 Å². The number of nitrogens with one attached hydrogen (secondary N) is 1. The highest BCUT2D eigenvalue weighted by molar-refractivity contribution is 5.81. The Bertz CT molecular complexity index is 682. The molecule has 2 aromatic carbocycles. The van der Waals surface area contributed by atoms with Gasteiger partial charge in [-0.25, -0.2) is 4.39 Å². The second-order valence-corrected chi connectivity index (χ2v) is 5.80. The van der Waals surface area contributed by atoms with Crippen LogP contribution in [-0.4, -0.2) is 12.0 Å². The molecule has 0 radical (unpaired) electrons. The first kappa shape index (κ1) is 17.0. The van der Waals surface area contributed by atoms with Gasteiger partial charge in [-0.15, -0.1) is 0 Å². The van der Waals surface area contributed by atoms with Crippen molar-refractivity contribution in [2.45, 2.75) is 39.8 Å². The van der Waals surface area contributed by atoms with Crippen molar-refractivity contribution in [2.75, 3.05) is 0 Å². The molecule has 23 heavy (non-hydrogen) atoms.